The number of halogens is 2. The van der Waals surface area contributed by atoms with Gasteiger partial charge in [0, 0.05) is 25.8 Å². The summed E-state index contributed by atoms with van der Waals surface area (Å²) in [4.78, 5) is 15.2. The number of rotatable bonds is 8. The lowest BCUT2D eigenvalue weighted by Crippen LogP contribution is -2.37. The van der Waals surface area contributed by atoms with Crippen LogP contribution in [0.1, 0.15) is 28.8 Å². The van der Waals surface area contributed by atoms with Crippen LogP contribution < -0.4 is 4.74 Å². The Kier molecular flexibility index (Phi) is 7.28. The highest BCUT2D eigenvalue weighted by molar-refractivity contribution is 5.94. The lowest BCUT2D eigenvalue weighted by atomic mass is 10.1. The number of aromatic nitrogens is 2. The van der Waals surface area contributed by atoms with Crippen molar-refractivity contribution in [2.75, 3.05) is 13.2 Å². The van der Waals surface area contributed by atoms with E-state index in [2.05, 4.69) is 0 Å². The molecule has 1 amide bonds. The van der Waals surface area contributed by atoms with Crippen LogP contribution in [0.4, 0.5) is 8.78 Å². The third-order valence-electron chi connectivity index (χ3n) is 6.35. The summed E-state index contributed by atoms with van der Waals surface area (Å²) < 4.78 is 41.7. The van der Waals surface area contributed by atoms with E-state index in [0.29, 0.717) is 36.0 Å². The number of aryl methyl sites for hydroxylation is 1. The Balaban J connectivity index is 1.57. The second-order valence-electron chi connectivity index (χ2n) is 8.98. The predicted molar refractivity (Wildman–Crippen MR) is 135 cm³/mol. The highest BCUT2D eigenvalue weighted by Crippen LogP contribution is 2.35. The van der Waals surface area contributed by atoms with Gasteiger partial charge in [-0.25, -0.2) is 13.5 Å². The van der Waals surface area contributed by atoms with Gasteiger partial charge in [-0.1, -0.05) is 42.5 Å². The van der Waals surface area contributed by atoms with E-state index in [0.717, 1.165) is 18.4 Å². The lowest BCUT2D eigenvalue weighted by Gasteiger charge is -2.26. The molecule has 0 bridgehead atoms. The fourth-order valence-electron chi connectivity index (χ4n) is 4.51. The molecule has 190 valence electrons. The van der Waals surface area contributed by atoms with Crippen LogP contribution in [0.2, 0.25) is 0 Å². The van der Waals surface area contributed by atoms with Crippen molar-refractivity contribution in [2.45, 2.75) is 25.5 Å². The third kappa shape index (κ3) is 5.54. The van der Waals surface area contributed by atoms with Gasteiger partial charge >= 0.3 is 0 Å². The Hall–Kier alpha value is -4.04. The summed E-state index contributed by atoms with van der Waals surface area (Å²) in [6.07, 6.45) is 1.58. The Morgan fingerprint density at radius 1 is 1.05 bits per heavy atom. The molecule has 1 fully saturated rings. The van der Waals surface area contributed by atoms with Crippen LogP contribution in [0.25, 0.3) is 11.3 Å². The lowest BCUT2D eigenvalue weighted by molar-refractivity contribution is 0.0502. The Bertz CT molecular complexity index is 1370. The van der Waals surface area contributed by atoms with E-state index in [1.54, 1.807) is 28.8 Å². The molecule has 1 aromatic heterocycles. The molecule has 1 aliphatic rings. The molecule has 8 heteroatoms. The van der Waals surface area contributed by atoms with Crippen LogP contribution in [0, 0.1) is 11.6 Å². The Morgan fingerprint density at radius 3 is 2.49 bits per heavy atom. The maximum Gasteiger partial charge on any atom is 0.257 e. The van der Waals surface area contributed by atoms with Crippen molar-refractivity contribution in [2.24, 2.45) is 7.05 Å². The van der Waals surface area contributed by atoms with Gasteiger partial charge in [-0.15, -0.1) is 0 Å². The number of benzene rings is 3. The SMILES string of the molecule is Cn1nc(-c2ccccc2)c(CN(C[C@@H]2CCCO2)C(=O)c2ccccc2F)c1Oc1ccc(F)cc1. The molecule has 2 heterocycles. The van der Waals surface area contributed by atoms with Crippen molar-refractivity contribution >= 4 is 5.91 Å². The van der Waals surface area contributed by atoms with E-state index in [1.807, 2.05) is 30.3 Å². The monoisotopic (exact) mass is 503 g/mol. The zero-order chi connectivity index (χ0) is 25.8. The van der Waals surface area contributed by atoms with Gasteiger partial charge < -0.3 is 14.4 Å². The third-order valence-corrected chi connectivity index (χ3v) is 6.35. The van der Waals surface area contributed by atoms with E-state index in [4.69, 9.17) is 14.6 Å². The van der Waals surface area contributed by atoms with Crippen LogP contribution in [0.5, 0.6) is 11.6 Å². The molecule has 0 spiro atoms. The van der Waals surface area contributed by atoms with Crippen molar-refractivity contribution in [1.82, 2.24) is 14.7 Å². The number of carbonyl (C=O) groups is 1. The molecule has 6 nitrogen and oxygen atoms in total. The van der Waals surface area contributed by atoms with Crippen molar-refractivity contribution in [1.29, 1.82) is 0 Å². The summed E-state index contributed by atoms with van der Waals surface area (Å²) in [6, 6.07) is 21.2. The Morgan fingerprint density at radius 2 is 1.78 bits per heavy atom. The molecule has 0 aliphatic carbocycles. The minimum absolute atomic E-state index is 0.00773. The largest absolute Gasteiger partial charge is 0.439 e. The van der Waals surface area contributed by atoms with Gasteiger partial charge in [-0.2, -0.15) is 5.10 Å². The quantitative estimate of drug-likeness (QED) is 0.297. The number of nitrogens with zero attached hydrogens (tertiary/aromatic N) is 3. The average Bonchev–Trinajstić information content (AvgIpc) is 3.53. The van der Waals surface area contributed by atoms with Gasteiger partial charge in [0.1, 0.15) is 23.1 Å². The zero-order valence-electron chi connectivity index (χ0n) is 20.4. The molecule has 5 rings (SSSR count). The summed E-state index contributed by atoms with van der Waals surface area (Å²) in [5.74, 6) is -0.562. The smallest absolute Gasteiger partial charge is 0.257 e. The Labute approximate surface area is 214 Å². The van der Waals surface area contributed by atoms with Crippen LogP contribution >= 0.6 is 0 Å². The van der Waals surface area contributed by atoms with Gasteiger partial charge in [-0.3, -0.25) is 4.79 Å². The molecule has 1 saturated heterocycles. The van der Waals surface area contributed by atoms with E-state index >= 15 is 0 Å². The summed E-state index contributed by atoms with van der Waals surface area (Å²) >= 11 is 0. The molecule has 37 heavy (non-hydrogen) atoms. The maximum absolute atomic E-state index is 14.6. The molecule has 3 aromatic carbocycles. The molecule has 0 saturated carbocycles. The summed E-state index contributed by atoms with van der Waals surface area (Å²) in [7, 11) is 1.75. The standard InChI is InChI=1S/C29H27F2N3O3/c1-33-29(37-22-15-13-21(30)14-16-22)25(27(32-33)20-8-3-2-4-9-20)19-34(18-23-10-7-17-36-23)28(35)24-11-5-6-12-26(24)31/h2-6,8-9,11-16,23H,7,10,17-19H2,1H3/t23-/m0/s1. The van der Waals surface area contributed by atoms with Crippen molar-refractivity contribution in [3.05, 3.63) is 102 Å². The van der Waals surface area contributed by atoms with E-state index in [1.165, 1.54) is 36.4 Å². The van der Waals surface area contributed by atoms with Gasteiger partial charge in [0.15, 0.2) is 0 Å². The van der Waals surface area contributed by atoms with Crippen molar-refractivity contribution in [3.63, 3.8) is 0 Å². The summed E-state index contributed by atoms with van der Waals surface area (Å²) in [6.45, 7) is 1.04. The van der Waals surface area contributed by atoms with Crippen LogP contribution in [-0.2, 0) is 18.3 Å². The molecular formula is C29H27F2N3O3. The summed E-state index contributed by atoms with van der Waals surface area (Å²) in [5, 5.41) is 4.70. The highest BCUT2D eigenvalue weighted by Gasteiger charge is 2.29. The van der Waals surface area contributed by atoms with Crippen LogP contribution in [0.15, 0.2) is 78.9 Å². The number of ether oxygens (including phenoxy) is 2. The highest BCUT2D eigenvalue weighted by atomic mass is 19.1. The van der Waals surface area contributed by atoms with Gasteiger partial charge in [0.05, 0.1) is 23.8 Å². The molecule has 1 atom stereocenters. The summed E-state index contributed by atoms with van der Waals surface area (Å²) in [5.41, 5.74) is 2.13. The molecule has 4 aromatic rings. The van der Waals surface area contributed by atoms with Crippen molar-refractivity contribution < 1.29 is 23.0 Å². The van der Waals surface area contributed by atoms with Gasteiger partial charge in [0.25, 0.3) is 5.91 Å². The first kappa shape index (κ1) is 24.6. The number of carbonyl (C=O) groups excluding carboxylic acids is 1. The van der Waals surface area contributed by atoms with Gasteiger partial charge in [-0.05, 0) is 49.2 Å². The topological polar surface area (TPSA) is 56.6 Å². The zero-order valence-corrected chi connectivity index (χ0v) is 20.4. The number of hydrogen-bond acceptors (Lipinski definition) is 4. The second kappa shape index (κ2) is 10.9. The molecule has 0 N–H and O–H groups in total. The van der Waals surface area contributed by atoms with E-state index in [-0.39, 0.29) is 24.0 Å². The molecule has 0 radical (unpaired) electrons. The molecule has 0 unspecified atom stereocenters. The van der Waals surface area contributed by atoms with Gasteiger partial charge in [0.2, 0.25) is 5.88 Å². The van der Waals surface area contributed by atoms with E-state index < -0.39 is 11.7 Å². The predicted octanol–water partition coefficient (Wildman–Crippen LogP) is 5.98. The first-order valence-corrected chi connectivity index (χ1v) is 12.2. The van der Waals surface area contributed by atoms with Crippen LogP contribution in [-0.4, -0.2) is 39.8 Å². The first-order valence-electron chi connectivity index (χ1n) is 12.2. The molecular weight excluding hydrogens is 476 g/mol. The van der Waals surface area contributed by atoms with Crippen molar-refractivity contribution in [3.8, 4) is 22.9 Å². The minimum Gasteiger partial charge on any atom is -0.439 e. The maximum atomic E-state index is 14.6. The average molecular weight is 504 g/mol. The fraction of sp³-hybridized carbons (Fsp3) is 0.241. The number of amides is 1. The second-order valence-corrected chi connectivity index (χ2v) is 8.98. The molecule has 1 aliphatic heterocycles. The first-order chi connectivity index (χ1) is 18.0. The van der Waals surface area contributed by atoms with E-state index in [9.17, 15) is 13.6 Å². The fourth-order valence-corrected chi connectivity index (χ4v) is 4.51. The normalized spacial score (nSPS) is 15.1. The number of hydrogen-bond donors (Lipinski definition) is 0. The minimum atomic E-state index is -0.581. The van der Waals surface area contributed by atoms with Crippen LogP contribution in [0.3, 0.4) is 0 Å².